The molecule has 0 spiro atoms. The van der Waals surface area contributed by atoms with Crippen LogP contribution in [0.4, 0.5) is 11.4 Å². The summed E-state index contributed by atoms with van der Waals surface area (Å²) in [6, 6.07) is 8.11. The maximum Gasteiger partial charge on any atom is 0.258 e. The van der Waals surface area contributed by atoms with E-state index in [9.17, 15) is 13.2 Å². The molecule has 156 valence electrons. The van der Waals surface area contributed by atoms with Crippen LogP contribution >= 0.6 is 11.6 Å². The number of nitrogens with zero attached hydrogens (tertiary/aromatic N) is 3. The number of amides is 1. The summed E-state index contributed by atoms with van der Waals surface area (Å²) in [4.78, 5) is 19.0. The zero-order chi connectivity index (χ0) is 21.0. The quantitative estimate of drug-likeness (QED) is 0.670. The van der Waals surface area contributed by atoms with Gasteiger partial charge in [-0.2, -0.15) is 4.31 Å². The number of hydrogen-bond acceptors (Lipinski definition) is 5. The Balaban J connectivity index is 2.02. The molecule has 29 heavy (non-hydrogen) atoms. The first-order valence-electron chi connectivity index (χ1n) is 9.69. The number of pyridine rings is 1. The van der Waals surface area contributed by atoms with Gasteiger partial charge in [0.1, 0.15) is 5.15 Å². The maximum absolute atomic E-state index is 13.0. The lowest BCUT2D eigenvalue weighted by molar-refractivity contribution is 0.102. The summed E-state index contributed by atoms with van der Waals surface area (Å²) >= 11 is 6.05. The van der Waals surface area contributed by atoms with E-state index in [4.69, 9.17) is 11.6 Å². The van der Waals surface area contributed by atoms with Crippen molar-refractivity contribution in [1.29, 1.82) is 0 Å². The SMILES string of the molecule is CCN(CC)S(=O)(=O)c1ccc(N2CCCC2)c(NC(=O)c2cccnc2Cl)c1. The number of sulfonamides is 1. The average molecular weight is 437 g/mol. The second kappa shape index (κ2) is 9.11. The molecular weight excluding hydrogens is 412 g/mol. The topological polar surface area (TPSA) is 82.6 Å². The molecule has 2 heterocycles. The average Bonchev–Trinajstić information content (AvgIpc) is 3.23. The molecule has 1 amide bonds. The molecule has 7 nitrogen and oxygen atoms in total. The first-order valence-corrected chi connectivity index (χ1v) is 11.5. The van der Waals surface area contributed by atoms with Crippen molar-refractivity contribution in [2.24, 2.45) is 0 Å². The number of nitrogens with one attached hydrogen (secondary N) is 1. The molecule has 1 aliphatic rings. The van der Waals surface area contributed by atoms with Crippen LogP contribution < -0.4 is 10.2 Å². The fourth-order valence-corrected chi connectivity index (χ4v) is 5.16. The molecule has 9 heteroatoms. The second-order valence-corrected chi connectivity index (χ2v) is 9.05. The Morgan fingerprint density at radius 3 is 2.52 bits per heavy atom. The predicted molar refractivity (Wildman–Crippen MR) is 115 cm³/mol. The van der Waals surface area contributed by atoms with Crippen molar-refractivity contribution in [2.75, 3.05) is 36.4 Å². The van der Waals surface area contributed by atoms with E-state index in [1.807, 2.05) is 0 Å². The van der Waals surface area contributed by atoms with Gasteiger partial charge in [-0.15, -0.1) is 0 Å². The zero-order valence-electron chi connectivity index (χ0n) is 16.6. The van der Waals surface area contributed by atoms with Gasteiger partial charge >= 0.3 is 0 Å². The first-order chi connectivity index (χ1) is 13.9. The van der Waals surface area contributed by atoms with Gasteiger partial charge in [0.25, 0.3) is 5.91 Å². The second-order valence-electron chi connectivity index (χ2n) is 6.76. The van der Waals surface area contributed by atoms with Crippen LogP contribution in [0.5, 0.6) is 0 Å². The summed E-state index contributed by atoms with van der Waals surface area (Å²) in [6.45, 7) is 6.07. The van der Waals surface area contributed by atoms with E-state index in [0.29, 0.717) is 18.8 Å². The Morgan fingerprint density at radius 1 is 1.21 bits per heavy atom. The van der Waals surface area contributed by atoms with Gasteiger partial charge in [0.2, 0.25) is 10.0 Å². The number of benzene rings is 1. The summed E-state index contributed by atoms with van der Waals surface area (Å²) < 4.78 is 27.3. The van der Waals surface area contributed by atoms with E-state index in [1.165, 1.54) is 16.6 Å². The highest BCUT2D eigenvalue weighted by Crippen LogP contribution is 2.33. The molecule has 1 aliphatic heterocycles. The molecule has 1 fully saturated rings. The summed E-state index contributed by atoms with van der Waals surface area (Å²) in [6.07, 6.45) is 3.62. The number of anilines is 2. The van der Waals surface area contributed by atoms with Crippen LogP contribution in [-0.2, 0) is 10.0 Å². The molecule has 1 saturated heterocycles. The van der Waals surface area contributed by atoms with Gasteiger partial charge in [0.05, 0.1) is 21.8 Å². The Labute approximate surface area is 176 Å². The van der Waals surface area contributed by atoms with Crippen LogP contribution in [0.1, 0.15) is 37.0 Å². The standard InChI is InChI=1S/C20H25ClN4O3S/c1-3-25(4-2)29(27,28)15-9-10-18(24-12-5-6-13-24)17(14-15)23-20(26)16-8-7-11-22-19(16)21/h7-11,14H,3-6,12-13H2,1-2H3,(H,23,26). The normalized spacial score (nSPS) is 14.4. The van der Waals surface area contributed by atoms with Crippen molar-refractivity contribution < 1.29 is 13.2 Å². The number of aromatic nitrogens is 1. The Morgan fingerprint density at radius 2 is 1.90 bits per heavy atom. The van der Waals surface area contributed by atoms with E-state index in [1.54, 1.807) is 38.1 Å². The van der Waals surface area contributed by atoms with Gasteiger partial charge in [0, 0.05) is 32.4 Å². The highest BCUT2D eigenvalue weighted by Gasteiger charge is 2.25. The molecule has 0 atom stereocenters. The van der Waals surface area contributed by atoms with E-state index in [2.05, 4.69) is 15.2 Å². The van der Waals surface area contributed by atoms with Gasteiger partial charge in [-0.05, 0) is 43.2 Å². The van der Waals surface area contributed by atoms with Gasteiger partial charge in [0.15, 0.2) is 0 Å². The summed E-state index contributed by atoms with van der Waals surface area (Å²) in [5, 5.41) is 2.94. The third-order valence-electron chi connectivity index (χ3n) is 5.01. The van der Waals surface area contributed by atoms with Crippen molar-refractivity contribution in [1.82, 2.24) is 9.29 Å². The predicted octanol–water partition coefficient (Wildman–Crippen LogP) is 3.62. The number of halogens is 1. The van der Waals surface area contributed by atoms with Crippen molar-refractivity contribution in [3.05, 3.63) is 47.2 Å². The maximum atomic E-state index is 13.0. The minimum Gasteiger partial charge on any atom is -0.370 e. The van der Waals surface area contributed by atoms with Crippen LogP contribution in [0.15, 0.2) is 41.4 Å². The molecule has 0 unspecified atom stereocenters. The van der Waals surface area contributed by atoms with E-state index < -0.39 is 15.9 Å². The molecule has 0 radical (unpaired) electrons. The first kappa shape index (κ1) is 21.5. The van der Waals surface area contributed by atoms with Crippen molar-refractivity contribution in [3.8, 4) is 0 Å². The Kier molecular flexibility index (Phi) is 6.77. The van der Waals surface area contributed by atoms with Crippen molar-refractivity contribution in [2.45, 2.75) is 31.6 Å². The van der Waals surface area contributed by atoms with Gasteiger partial charge < -0.3 is 10.2 Å². The van der Waals surface area contributed by atoms with E-state index >= 15 is 0 Å². The third kappa shape index (κ3) is 4.55. The Bertz CT molecular complexity index is 987. The lowest BCUT2D eigenvalue weighted by Gasteiger charge is -2.24. The molecule has 3 rings (SSSR count). The van der Waals surface area contributed by atoms with Gasteiger partial charge in [-0.1, -0.05) is 25.4 Å². The van der Waals surface area contributed by atoms with Gasteiger partial charge in [-0.3, -0.25) is 4.79 Å². The molecule has 0 bridgehead atoms. The fraction of sp³-hybridized carbons (Fsp3) is 0.400. The summed E-state index contributed by atoms with van der Waals surface area (Å²) in [5.74, 6) is -0.430. The lowest BCUT2D eigenvalue weighted by Crippen LogP contribution is -2.31. The number of carbonyl (C=O) groups is 1. The van der Waals surface area contributed by atoms with Crippen LogP contribution in [0.25, 0.3) is 0 Å². The molecular formula is C20H25ClN4O3S. The van der Waals surface area contributed by atoms with Crippen LogP contribution in [0.3, 0.4) is 0 Å². The summed E-state index contributed by atoms with van der Waals surface area (Å²) in [7, 11) is -3.65. The van der Waals surface area contributed by atoms with Gasteiger partial charge in [-0.25, -0.2) is 13.4 Å². The molecule has 0 aliphatic carbocycles. The van der Waals surface area contributed by atoms with Crippen molar-refractivity contribution >= 4 is 38.9 Å². The third-order valence-corrected chi connectivity index (χ3v) is 7.36. The largest absolute Gasteiger partial charge is 0.370 e. The smallest absolute Gasteiger partial charge is 0.258 e. The number of rotatable bonds is 7. The highest BCUT2D eigenvalue weighted by molar-refractivity contribution is 7.89. The van der Waals surface area contributed by atoms with Crippen LogP contribution in [0.2, 0.25) is 5.15 Å². The molecule has 1 aromatic heterocycles. The lowest BCUT2D eigenvalue weighted by atomic mass is 10.2. The van der Waals surface area contributed by atoms with Crippen LogP contribution in [-0.4, -0.2) is 49.8 Å². The Hall–Kier alpha value is -2.16. The van der Waals surface area contributed by atoms with Crippen LogP contribution in [0, 0.1) is 0 Å². The molecule has 1 N–H and O–H groups in total. The number of hydrogen-bond donors (Lipinski definition) is 1. The number of carbonyl (C=O) groups excluding carboxylic acids is 1. The minimum absolute atomic E-state index is 0.0969. The minimum atomic E-state index is -3.65. The zero-order valence-corrected chi connectivity index (χ0v) is 18.1. The van der Waals surface area contributed by atoms with E-state index in [-0.39, 0.29) is 15.6 Å². The molecule has 2 aromatic rings. The molecule has 1 aromatic carbocycles. The monoisotopic (exact) mass is 436 g/mol. The fourth-order valence-electron chi connectivity index (χ4n) is 3.47. The highest BCUT2D eigenvalue weighted by atomic mass is 35.5. The summed E-state index contributed by atoms with van der Waals surface area (Å²) in [5.41, 5.74) is 1.48. The van der Waals surface area contributed by atoms with Crippen molar-refractivity contribution in [3.63, 3.8) is 0 Å². The van der Waals surface area contributed by atoms with E-state index in [0.717, 1.165) is 31.6 Å². The molecule has 0 saturated carbocycles.